The third-order valence-electron chi connectivity index (χ3n) is 4.84. The van der Waals surface area contributed by atoms with Gasteiger partial charge in [-0.1, -0.05) is 30.3 Å². The summed E-state index contributed by atoms with van der Waals surface area (Å²) in [5.74, 6) is -0.202. The van der Waals surface area contributed by atoms with Crippen LogP contribution in [0.15, 0.2) is 42.5 Å². The number of fused-ring (bicyclic) bond motifs is 2. The van der Waals surface area contributed by atoms with Crippen LogP contribution in [0.2, 0.25) is 0 Å². The van der Waals surface area contributed by atoms with Crippen LogP contribution in [0.5, 0.6) is 5.75 Å². The smallest absolute Gasteiger partial charge is 0.262 e. The van der Waals surface area contributed by atoms with E-state index in [0.717, 1.165) is 40.7 Å². The highest BCUT2D eigenvalue weighted by molar-refractivity contribution is 7.17. The minimum Gasteiger partial charge on any atom is -0.484 e. The summed E-state index contributed by atoms with van der Waals surface area (Å²) in [7, 11) is 2.03. The van der Waals surface area contributed by atoms with Crippen LogP contribution in [-0.2, 0) is 17.8 Å². The summed E-state index contributed by atoms with van der Waals surface area (Å²) in [6, 6.07) is 13.6. The summed E-state index contributed by atoms with van der Waals surface area (Å²) in [6.45, 7) is 1.48. The van der Waals surface area contributed by atoms with Gasteiger partial charge in [-0.3, -0.25) is 9.59 Å². The Labute approximate surface area is 179 Å². The van der Waals surface area contributed by atoms with Crippen molar-refractivity contribution in [2.75, 3.05) is 25.5 Å². The number of anilines is 1. The zero-order valence-electron chi connectivity index (χ0n) is 15.9. The van der Waals surface area contributed by atoms with Crippen molar-refractivity contribution in [2.45, 2.75) is 13.0 Å². The number of amides is 2. The van der Waals surface area contributed by atoms with E-state index in [4.69, 9.17) is 10.5 Å². The molecule has 0 spiro atoms. The minimum absolute atomic E-state index is 0. The van der Waals surface area contributed by atoms with E-state index in [1.165, 1.54) is 11.3 Å². The number of benzene rings is 2. The summed E-state index contributed by atoms with van der Waals surface area (Å²) >= 11 is 1.42. The van der Waals surface area contributed by atoms with Gasteiger partial charge in [0.15, 0.2) is 6.61 Å². The molecular weight excluding hydrogens is 410 g/mol. The van der Waals surface area contributed by atoms with Gasteiger partial charge in [0.25, 0.3) is 11.8 Å². The largest absolute Gasteiger partial charge is 0.484 e. The van der Waals surface area contributed by atoms with Crippen molar-refractivity contribution in [3.05, 3.63) is 58.5 Å². The molecule has 1 aliphatic rings. The van der Waals surface area contributed by atoms with Gasteiger partial charge in [0.05, 0.1) is 5.56 Å². The van der Waals surface area contributed by atoms with Crippen molar-refractivity contribution < 1.29 is 14.3 Å². The van der Waals surface area contributed by atoms with Gasteiger partial charge in [0.2, 0.25) is 0 Å². The highest BCUT2D eigenvalue weighted by Gasteiger charge is 2.26. The van der Waals surface area contributed by atoms with Gasteiger partial charge in [0.1, 0.15) is 10.8 Å². The predicted octanol–water partition coefficient (Wildman–Crippen LogP) is 3.43. The van der Waals surface area contributed by atoms with Crippen molar-refractivity contribution in [1.82, 2.24) is 4.90 Å². The van der Waals surface area contributed by atoms with E-state index in [1.54, 1.807) is 0 Å². The average Bonchev–Trinajstić information content (AvgIpc) is 3.03. The number of ether oxygens (including phenoxy) is 1. The third kappa shape index (κ3) is 4.53. The Morgan fingerprint density at radius 1 is 1.21 bits per heavy atom. The summed E-state index contributed by atoms with van der Waals surface area (Å²) in [6.07, 6.45) is 0.754. The molecule has 152 valence electrons. The van der Waals surface area contributed by atoms with Crippen molar-refractivity contribution in [2.24, 2.45) is 5.73 Å². The van der Waals surface area contributed by atoms with E-state index in [-0.39, 0.29) is 24.9 Å². The van der Waals surface area contributed by atoms with Crippen molar-refractivity contribution in [3.8, 4) is 5.75 Å². The predicted molar refractivity (Wildman–Crippen MR) is 118 cm³/mol. The summed E-state index contributed by atoms with van der Waals surface area (Å²) < 4.78 is 5.64. The topological polar surface area (TPSA) is 84.7 Å². The highest BCUT2D eigenvalue weighted by atomic mass is 35.5. The molecule has 2 heterocycles. The molecule has 0 unspecified atom stereocenters. The Balaban J connectivity index is 0.00000240. The first-order valence-electron chi connectivity index (χ1n) is 9.05. The molecule has 0 radical (unpaired) electrons. The quantitative estimate of drug-likeness (QED) is 0.648. The zero-order valence-corrected chi connectivity index (χ0v) is 17.6. The van der Waals surface area contributed by atoms with E-state index >= 15 is 0 Å². The fourth-order valence-electron chi connectivity index (χ4n) is 3.45. The molecule has 2 amide bonds. The monoisotopic (exact) mass is 431 g/mol. The average molecular weight is 432 g/mol. The second-order valence-electron chi connectivity index (χ2n) is 6.91. The van der Waals surface area contributed by atoms with Crippen LogP contribution in [-0.4, -0.2) is 36.9 Å². The van der Waals surface area contributed by atoms with Crippen molar-refractivity contribution in [3.63, 3.8) is 0 Å². The molecule has 29 heavy (non-hydrogen) atoms. The van der Waals surface area contributed by atoms with E-state index < -0.39 is 5.91 Å². The molecule has 0 saturated carbocycles. The minimum atomic E-state index is -0.507. The van der Waals surface area contributed by atoms with E-state index in [2.05, 4.69) is 10.2 Å². The molecule has 4 rings (SSSR count). The number of halogens is 1. The SMILES string of the molecule is CN1CCc2c(sc(NC(=O)COc3ccc4ccccc4c3)c2C(N)=O)C1.Cl. The molecule has 0 bridgehead atoms. The molecule has 3 N–H and O–H groups in total. The van der Waals surface area contributed by atoms with Crippen LogP contribution < -0.4 is 15.8 Å². The maximum absolute atomic E-state index is 12.4. The van der Waals surface area contributed by atoms with Crippen molar-refractivity contribution in [1.29, 1.82) is 0 Å². The Morgan fingerprint density at radius 3 is 2.72 bits per heavy atom. The van der Waals surface area contributed by atoms with Crippen LogP contribution in [0, 0.1) is 0 Å². The lowest BCUT2D eigenvalue weighted by Crippen LogP contribution is -2.27. The van der Waals surface area contributed by atoms with E-state index in [9.17, 15) is 9.59 Å². The second-order valence-corrected chi connectivity index (χ2v) is 8.01. The first kappa shape index (κ1) is 21.1. The highest BCUT2D eigenvalue weighted by Crippen LogP contribution is 2.36. The molecule has 3 aromatic rings. The summed E-state index contributed by atoms with van der Waals surface area (Å²) in [4.78, 5) is 27.6. The standard InChI is InChI=1S/C21H21N3O3S.ClH/c1-24-9-8-16-17(11-24)28-21(19(16)20(22)26)23-18(25)12-27-15-7-6-13-4-2-3-5-14(13)10-15;/h2-7,10H,8-9,11-12H2,1H3,(H2,22,26)(H,23,25);1H. The first-order valence-corrected chi connectivity index (χ1v) is 9.87. The molecule has 6 nitrogen and oxygen atoms in total. The third-order valence-corrected chi connectivity index (χ3v) is 5.97. The zero-order chi connectivity index (χ0) is 19.7. The van der Waals surface area contributed by atoms with Gasteiger partial charge < -0.3 is 20.7 Å². The fraction of sp³-hybridized carbons (Fsp3) is 0.238. The Morgan fingerprint density at radius 2 is 1.97 bits per heavy atom. The second kappa shape index (κ2) is 8.82. The van der Waals surface area contributed by atoms with Gasteiger partial charge in [0, 0.05) is 18.0 Å². The first-order chi connectivity index (χ1) is 13.5. The molecule has 0 atom stereocenters. The van der Waals surface area contributed by atoms with E-state index in [0.29, 0.717) is 16.3 Å². The number of rotatable bonds is 5. The number of nitrogens with zero attached hydrogens (tertiary/aromatic N) is 1. The number of nitrogens with two attached hydrogens (primary N) is 1. The fourth-order valence-corrected chi connectivity index (χ4v) is 4.80. The number of primary amides is 1. The molecule has 2 aromatic carbocycles. The van der Waals surface area contributed by atoms with Crippen LogP contribution >= 0.6 is 23.7 Å². The van der Waals surface area contributed by atoms with Gasteiger partial charge >= 0.3 is 0 Å². The normalized spacial score (nSPS) is 13.4. The lowest BCUT2D eigenvalue weighted by Gasteiger charge is -2.22. The molecule has 0 saturated heterocycles. The lowest BCUT2D eigenvalue weighted by molar-refractivity contribution is -0.118. The van der Waals surface area contributed by atoms with Crippen LogP contribution in [0.3, 0.4) is 0 Å². The molecule has 1 aliphatic heterocycles. The Hall–Kier alpha value is -2.61. The number of thiophene rings is 1. The Kier molecular flexibility index (Phi) is 6.42. The molecule has 0 aliphatic carbocycles. The molecule has 1 aromatic heterocycles. The van der Waals surface area contributed by atoms with Crippen LogP contribution in [0.1, 0.15) is 20.8 Å². The summed E-state index contributed by atoms with van der Waals surface area (Å²) in [5.41, 5.74) is 6.98. The van der Waals surface area contributed by atoms with Crippen molar-refractivity contribution >= 4 is 51.3 Å². The van der Waals surface area contributed by atoms with Gasteiger partial charge in [-0.05, 0) is 41.9 Å². The number of hydrogen-bond acceptors (Lipinski definition) is 5. The molecule has 0 fully saturated rings. The summed E-state index contributed by atoms with van der Waals surface area (Å²) in [5, 5.41) is 5.48. The number of carbonyl (C=O) groups excluding carboxylic acids is 2. The van der Waals surface area contributed by atoms with E-state index in [1.807, 2.05) is 49.5 Å². The molecular formula is C21H22ClN3O3S. The maximum Gasteiger partial charge on any atom is 0.262 e. The molecule has 8 heteroatoms. The number of likely N-dealkylation sites (N-methyl/N-ethyl adjacent to an activating group) is 1. The van der Waals surface area contributed by atoms with Gasteiger partial charge in [-0.15, -0.1) is 23.7 Å². The number of nitrogens with one attached hydrogen (secondary N) is 1. The number of carbonyl (C=O) groups is 2. The number of hydrogen-bond donors (Lipinski definition) is 2. The Bertz CT molecular complexity index is 1070. The van der Waals surface area contributed by atoms with Gasteiger partial charge in [-0.25, -0.2) is 0 Å². The van der Waals surface area contributed by atoms with Crippen LogP contribution in [0.4, 0.5) is 5.00 Å². The van der Waals surface area contributed by atoms with Gasteiger partial charge in [-0.2, -0.15) is 0 Å². The van der Waals surface area contributed by atoms with Crippen LogP contribution in [0.25, 0.3) is 10.8 Å². The maximum atomic E-state index is 12.4. The lowest BCUT2D eigenvalue weighted by atomic mass is 10.0.